The molecule has 1 fully saturated rings. The van der Waals surface area contributed by atoms with Gasteiger partial charge in [0.15, 0.2) is 0 Å². The van der Waals surface area contributed by atoms with E-state index in [0.717, 1.165) is 18.4 Å². The molecule has 4 N–H and O–H groups in total. The molecule has 4 rings (SSSR count). The summed E-state index contributed by atoms with van der Waals surface area (Å²) in [5.41, 5.74) is 8.41. The van der Waals surface area contributed by atoms with Gasteiger partial charge >= 0.3 is 0 Å². The normalized spacial score (nSPS) is 13.6. The highest BCUT2D eigenvalue weighted by molar-refractivity contribution is 5.99. The van der Waals surface area contributed by atoms with Crippen molar-refractivity contribution in [1.82, 2.24) is 15.2 Å². The van der Waals surface area contributed by atoms with Crippen LogP contribution in [0.3, 0.4) is 0 Å². The van der Waals surface area contributed by atoms with Gasteiger partial charge in [-0.3, -0.25) is 9.59 Å². The second kappa shape index (κ2) is 12.8. The molecule has 1 aliphatic heterocycles. The second-order valence-corrected chi connectivity index (χ2v) is 9.30. The maximum absolute atomic E-state index is 13.6. The van der Waals surface area contributed by atoms with Gasteiger partial charge in [0.2, 0.25) is 5.91 Å². The molecule has 196 valence electrons. The lowest BCUT2D eigenvalue weighted by Crippen LogP contribution is -2.43. The minimum atomic E-state index is -0.297. The van der Waals surface area contributed by atoms with Gasteiger partial charge < -0.3 is 21.3 Å². The number of nitriles is 1. The number of carbonyl (C=O) groups excluding carboxylic acids is 2. The summed E-state index contributed by atoms with van der Waals surface area (Å²) in [5, 5.41) is 15.8. The van der Waals surface area contributed by atoms with Crippen molar-refractivity contribution in [3.63, 3.8) is 0 Å². The standard InChI is InChI=1S/C29H31FN6O2/c30-23-6-3-4-20(16-23)10-13-33-28-25(8-9-26(35-28)24-7-2-1-5-22(24)17-31)29(38)34-19-21-11-14-36(15-12-21)27(37)18-32/h1-9,16,21H,10-15,18-19,32H2,(H,33,35)(H,34,38). The number of benzene rings is 2. The van der Waals surface area contributed by atoms with Gasteiger partial charge in [-0.1, -0.05) is 30.3 Å². The number of nitrogens with one attached hydrogen (secondary N) is 2. The summed E-state index contributed by atoms with van der Waals surface area (Å²) >= 11 is 0. The Kier molecular flexibility index (Phi) is 9.01. The number of anilines is 1. The van der Waals surface area contributed by atoms with Crippen LogP contribution >= 0.6 is 0 Å². The summed E-state index contributed by atoms with van der Waals surface area (Å²) in [4.78, 5) is 31.5. The zero-order valence-corrected chi connectivity index (χ0v) is 21.1. The summed E-state index contributed by atoms with van der Waals surface area (Å²) in [6.07, 6.45) is 2.14. The van der Waals surface area contributed by atoms with Crippen molar-refractivity contribution in [2.45, 2.75) is 19.3 Å². The predicted octanol–water partition coefficient (Wildman–Crippen LogP) is 3.34. The zero-order valence-electron chi connectivity index (χ0n) is 21.1. The summed E-state index contributed by atoms with van der Waals surface area (Å²) in [7, 11) is 0. The van der Waals surface area contributed by atoms with Crippen LogP contribution in [-0.4, -0.2) is 54.4 Å². The Morgan fingerprint density at radius 3 is 2.63 bits per heavy atom. The van der Waals surface area contributed by atoms with E-state index in [-0.39, 0.29) is 30.1 Å². The Bertz CT molecular complexity index is 1330. The number of amides is 2. The molecule has 0 bridgehead atoms. The fourth-order valence-electron chi connectivity index (χ4n) is 4.60. The molecule has 0 unspecified atom stereocenters. The first-order valence-electron chi connectivity index (χ1n) is 12.7. The average Bonchev–Trinajstić information content (AvgIpc) is 2.95. The number of nitrogens with two attached hydrogens (primary N) is 1. The molecular weight excluding hydrogens is 483 g/mol. The SMILES string of the molecule is N#Cc1ccccc1-c1ccc(C(=O)NCC2CCN(C(=O)CN)CC2)c(NCCc2cccc(F)c2)n1. The van der Waals surface area contributed by atoms with Gasteiger partial charge in [0, 0.05) is 31.7 Å². The van der Waals surface area contributed by atoms with E-state index >= 15 is 0 Å². The van der Waals surface area contributed by atoms with E-state index in [0.29, 0.717) is 60.8 Å². The summed E-state index contributed by atoms with van der Waals surface area (Å²) in [6.45, 7) is 2.22. The van der Waals surface area contributed by atoms with Crippen molar-refractivity contribution in [1.29, 1.82) is 5.26 Å². The molecule has 0 saturated carbocycles. The number of carbonyl (C=O) groups is 2. The van der Waals surface area contributed by atoms with Crippen molar-refractivity contribution in [2.24, 2.45) is 11.7 Å². The van der Waals surface area contributed by atoms with E-state index in [1.807, 2.05) is 18.2 Å². The monoisotopic (exact) mass is 514 g/mol. The Labute approximate surface area is 221 Å². The molecule has 38 heavy (non-hydrogen) atoms. The Morgan fingerprint density at radius 2 is 1.89 bits per heavy atom. The predicted molar refractivity (Wildman–Crippen MR) is 144 cm³/mol. The lowest BCUT2D eigenvalue weighted by Gasteiger charge is -2.31. The minimum absolute atomic E-state index is 0.0121. The third kappa shape index (κ3) is 6.72. The quantitative estimate of drug-likeness (QED) is 0.402. The summed E-state index contributed by atoms with van der Waals surface area (Å²) in [5.74, 6) is 0.0540. The summed E-state index contributed by atoms with van der Waals surface area (Å²) < 4.78 is 13.6. The highest BCUT2D eigenvalue weighted by atomic mass is 19.1. The Morgan fingerprint density at radius 1 is 1.11 bits per heavy atom. The van der Waals surface area contributed by atoms with Crippen molar-refractivity contribution in [3.8, 4) is 17.3 Å². The number of nitrogens with zero attached hydrogens (tertiary/aromatic N) is 3. The lowest BCUT2D eigenvalue weighted by atomic mass is 9.96. The number of pyridine rings is 1. The van der Waals surface area contributed by atoms with Gasteiger partial charge in [0.1, 0.15) is 11.6 Å². The van der Waals surface area contributed by atoms with Crippen LogP contribution in [-0.2, 0) is 11.2 Å². The first-order valence-corrected chi connectivity index (χ1v) is 12.7. The molecule has 3 aromatic rings. The van der Waals surface area contributed by atoms with E-state index in [1.165, 1.54) is 12.1 Å². The van der Waals surface area contributed by atoms with Gasteiger partial charge in [-0.25, -0.2) is 9.37 Å². The summed E-state index contributed by atoms with van der Waals surface area (Å²) in [6, 6.07) is 19.2. The Balaban J connectivity index is 1.48. The second-order valence-electron chi connectivity index (χ2n) is 9.30. The van der Waals surface area contributed by atoms with Crippen LogP contribution in [0.25, 0.3) is 11.3 Å². The molecule has 1 saturated heterocycles. The smallest absolute Gasteiger partial charge is 0.255 e. The van der Waals surface area contributed by atoms with Gasteiger partial charge in [0.25, 0.3) is 5.91 Å². The number of likely N-dealkylation sites (tertiary alicyclic amines) is 1. The van der Waals surface area contributed by atoms with E-state index in [2.05, 4.69) is 16.7 Å². The fraction of sp³-hybridized carbons (Fsp3) is 0.310. The number of hydrogen-bond acceptors (Lipinski definition) is 6. The average molecular weight is 515 g/mol. The third-order valence-electron chi connectivity index (χ3n) is 6.75. The molecular formula is C29H31FN6O2. The van der Waals surface area contributed by atoms with Gasteiger partial charge in [-0.15, -0.1) is 0 Å². The highest BCUT2D eigenvalue weighted by Crippen LogP contribution is 2.25. The maximum atomic E-state index is 13.6. The topological polar surface area (TPSA) is 124 Å². The maximum Gasteiger partial charge on any atom is 0.255 e. The first kappa shape index (κ1) is 26.8. The van der Waals surface area contributed by atoms with Gasteiger partial charge in [0.05, 0.1) is 29.4 Å². The molecule has 0 radical (unpaired) electrons. The largest absolute Gasteiger partial charge is 0.369 e. The number of hydrogen-bond donors (Lipinski definition) is 3. The fourth-order valence-corrected chi connectivity index (χ4v) is 4.60. The zero-order chi connectivity index (χ0) is 26.9. The number of rotatable bonds is 9. The molecule has 9 heteroatoms. The Hall–Kier alpha value is -4.29. The van der Waals surface area contributed by atoms with Gasteiger partial charge in [-0.05, 0) is 61.1 Å². The number of piperidine rings is 1. The van der Waals surface area contributed by atoms with Crippen LogP contribution < -0.4 is 16.4 Å². The van der Waals surface area contributed by atoms with Crippen LogP contribution in [0.1, 0.15) is 34.3 Å². The van der Waals surface area contributed by atoms with E-state index in [9.17, 15) is 19.2 Å². The van der Waals surface area contributed by atoms with E-state index < -0.39 is 0 Å². The van der Waals surface area contributed by atoms with Crippen molar-refractivity contribution >= 4 is 17.6 Å². The molecule has 0 aliphatic carbocycles. The molecule has 8 nitrogen and oxygen atoms in total. The van der Waals surface area contributed by atoms with E-state index in [1.54, 1.807) is 35.2 Å². The van der Waals surface area contributed by atoms with Crippen LogP contribution in [0.4, 0.5) is 10.2 Å². The van der Waals surface area contributed by atoms with Crippen molar-refractivity contribution in [3.05, 3.63) is 83.2 Å². The molecule has 0 spiro atoms. The molecule has 0 atom stereocenters. The van der Waals surface area contributed by atoms with Crippen molar-refractivity contribution in [2.75, 3.05) is 38.0 Å². The lowest BCUT2D eigenvalue weighted by molar-refractivity contribution is -0.131. The molecule has 2 heterocycles. The van der Waals surface area contributed by atoms with Crippen LogP contribution in [0.15, 0.2) is 60.7 Å². The number of aromatic nitrogens is 1. The third-order valence-corrected chi connectivity index (χ3v) is 6.75. The van der Waals surface area contributed by atoms with Crippen LogP contribution in [0.5, 0.6) is 0 Å². The van der Waals surface area contributed by atoms with Crippen LogP contribution in [0, 0.1) is 23.1 Å². The van der Waals surface area contributed by atoms with Crippen molar-refractivity contribution < 1.29 is 14.0 Å². The first-order chi connectivity index (χ1) is 18.5. The molecule has 2 amide bonds. The molecule has 1 aromatic heterocycles. The van der Waals surface area contributed by atoms with E-state index in [4.69, 9.17) is 10.7 Å². The molecule has 2 aromatic carbocycles. The van der Waals surface area contributed by atoms with Crippen LogP contribution in [0.2, 0.25) is 0 Å². The van der Waals surface area contributed by atoms with Gasteiger partial charge in [-0.2, -0.15) is 5.26 Å². The highest BCUT2D eigenvalue weighted by Gasteiger charge is 2.23. The number of halogens is 1. The molecule has 1 aliphatic rings. The minimum Gasteiger partial charge on any atom is -0.369 e.